The molecule has 4 rings (SSSR count). The molecule has 160 valence electrons. The number of aromatic nitrogens is 3. The minimum atomic E-state index is 0.511. The molecule has 0 radical (unpaired) electrons. The summed E-state index contributed by atoms with van der Waals surface area (Å²) in [6.45, 7) is 4.02. The number of nitrogens with one attached hydrogen (secondary N) is 1. The van der Waals surface area contributed by atoms with Crippen LogP contribution in [0.25, 0.3) is 0 Å². The van der Waals surface area contributed by atoms with Gasteiger partial charge in [-0.15, -0.1) is 0 Å². The van der Waals surface area contributed by atoms with Gasteiger partial charge in [-0.1, -0.05) is 53.7 Å². The summed E-state index contributed by atoms with van der Waals surface area (Å²) in [5, 5.41) is 4.37. The number of rotatable bonds is 5. The Bertz CT molecular complexity index is 786. The van der Waals surface area contributed by atoms with E-state index in [1.54, 1.807) is 6.21 Å². The van der Waals surface area contributed by atoms with Gasteiger partial charge in [0.05, 0.1) is 6.21 Å². The van der Waals surface area contributed by atoms with E-state index in [0.717, 1.165) is 48.1 Å². The molecule has 1 aromatic carbocycles. The van der Waals surface area contributed by atoms with Gasteiger partial charge in [-0.2, -0.15) is 20.1 Å². The molecule has 2 saturated heterocycles. The Hall–Kier alpha value is -2.22. The van der Waals surface area contributed by atoms with Crippen molar-refractivity contribution in [1.82, 2.24) is 15.0 Å². The van der Waals surface area contributed by atoms with E-state index in [1.807, 2.05) is 24.3 Å². The molecule has 3 heterocycles. The van der Waals surface area contributed by atoms with Crippen LogP contribution >= 0.6 is 15.9 Å². The lowest BCUT2D eigenvalue weighted by Crippen LogP contribution is -2.30. The van der Waals surface area contributed by atoms with Crippen LogP contribution in [0.3, 0.4) is 0 Å². The van der Waals surface area contributed by atoms with Crippen molar-refractivity contribution in [2.24, 2.45) is 5.10 Å². The quantitative estimate of drug-likeness (QED) is 0.496. The van der Waals surface area contributed by atoms with Crippen molar-refractivity contribution in [1.29, 1.82) is 0 Å². The highest BCUT2D eigenvalue weighted by Gasteiger charge is 2.19. The Labute approximate surface area is 187 Å². The number of anilines is 3. The maximum absolute atomic E-state index is 4.87. The number of nitrogens with zero attached hydrogens (tertiary/aromatic N) is 6. The van der Waals surface area contributed by atoms with Crippen molar-refractivity contribution in [3.63, 3.8) is 0 Å². The molecule has 0 bridgehead atoms. The molecule has 0 spiro atoms. The largest absolute Gasteiger partial charge is 0.341 e. The molecule has 8 heteroatoms. The lowest BCUT2D eigenvalue weighted by atomic mass is 10.2. The molecule has 2 fully saturated rings. The van der Waals surface area contributed by atoms with E-state index in [4.69, 9.17) is 15.0 Å². The molecule has 1 aromatic heterocycles. The van der Waals surface area contributed by atoms with E-state index in [2.05, 4.69) is 36.3 Å². The second-order valence-corrected chi connectivity index (χ2v) is 8.90. The summed E-state index contributed by atoms with van der Waals surface area (Å²) in [7, 11) is 0. The van der Waals surface area contributed by atoms with E-state index >= 15 is 0 Å². The van der Waals surface area contributed by atoms with Gasteiger partial charge in [0, 0.05) is 30.7 Å². The monoisotopic (exact) mass is 471 g/mol. The number of benzene rings is 1. The maximum atomic E-state index is 4.87. The first-order valence-corrected chi connectivity index (χ1v) is 11.9. The molecular formula is C22H30BrN7. The zero-order valence-corrected chi connectivity index (χ0v) is 19.0. The molecule has 2 aliphatic heterocycles. The summed E-state index contributed by atoms with van der Waals surface area (Å²) in [6, 6.07) is 8.01. The first-order valence-electron chi connectivity index (χ1n) is 11.1. The van der Waals surface area contributed by atoms with Crippen molar-refractivity contribution in [2.45, 2.75) is 51.4 Å². The molecule has 0 saturated carbocycles. The van der Waals surface area contributed by atoms with Crippen LogP contribution in [0.2, 0.25) is 0 Å². The molecule has 0 amide bonds. The zero-order valence-electron chi connectivity index (χ0n) is 17.4. The lowest BCUT2D eigenvalue weighted by Gasteiger charge is -2.24. The van der Waals surface area contributed by atoms with Crippen LogP contribution in [0.5, 0.6) is 0 Å². The summed E-state index contributed by atoms with van der Waals surface area (Å²) in [5.74, 6) is 2.05. The van der Waals surface area contributed by atoms with E-state index in [-0.39, 0.29) is 0 Å². The van der Waals surface area contributed by atoms with Gasteiger partial charge >= 0.3 is 0 Å². The molecule has 2 aromatic rings. The third-order valence-corrected chi connectivity index (χ3v) is 6.17. The SMILES string of the molecule is Brc1ccc(/C=N\Nc2nc(N3CCCCCC3)nc(N3CCCCCC3)n2)cc1. The van der Waals surface area contributed by atoms with Crippen LogP contribution in [0.1, 0.15) is 56.9 Å². The topological polar surface area (TPSA) is 69.5 Å². The van der Waals surface area contributed by atoms with Gasteiger partial charge in [-0.05, 0) is 43.4 Å². The Morgan fingerprint density at radius 2 is 1.23 bits per heavy atom. The molecule has 0 unspecified atom stereocenters. The van der Waals surface area contributed by atoms with Gasteiger partial charge < -0.3 is 9.80 Å². The first kappa shape index (κ1) is 21.0. The molecule has 2 aliphatic rings. The number of halogens is 1. The highest BCUT2D eigenvalue weighted by atomic mass is 79.9. The lowest BCUT2D eigenvalue weighted by molar-refractivity contribution is 0.726. The average molecular weight is 472 g/mol. The van der Waals surface area contributed by atoms with Crippen LogP contribution in [-0.4, -0.2) is 47.3 Å². The summed E-state index contributed by atoms with van der Waals surface area (Å²) < 4.78 is 1.05. The van der Waals surface area contributed by atoms with Crippen molar-refractivity contribution in [3.05, 3.63) is 34.3 Å². The highest BCUT2D eigenvalue weighted by molar-refractivity contribution is 9.10. The van der Waals surface area contributed by atoms with Gasteiger partial charge in [0.15, 0.2) is 0 Å². The Kier molecular flexibility index (Phi) is 7.50. The van der Waals surface area contributed by atoms with Crippen LogP contribution in [0.15, 0.2) is 33.8 Å². The second kappa shape index (κ2) is 10.7. The van der Waals surface area contributed by atoms with Gasteiger partial charge in [-0.3, -0.25) is 0 Å². The van der Waals surface area contributed by atoms with Gasteiger partial charge in [0.25, 0.3) is 0 Å². The molecule has 1 N–H and O–H groups in total. The van der Waals surface area contributed by atoms with E-state index in [0.29, 0.717) is 5.95 Å². The fraction of sp³-hybridized carbons (Fsp3) is 0.545. The van der Waals surface area contributed by atoms with Crippen molar-refractivity contribution < 1.29 is 0 Å². The number of hydrogen-bond acceptors (Lipinski definition) is 7. The van der Waals surface area contributed by atoms with E-state index < -0.39 is 0 Å². The smallest absolute Gasteiger partial charge is 0.250 e. The number of hydrogen-bond donors (Lipinski definition) is 1. The average Bonchev–Trinajstić information content (AvgIpc) is 3.21. The molecule has 30 heavy (non-hydrogen) atoms. The summed E-state index contributed by atoms with van der Waals surface area (Å²) in [4.78, 5) is 18.9. The third kappa shape index (κ3) is 5.90. The molecular weight excluding hydrogens is 442 g/mol. The fourth-order valence-corrected chi connectivity index (χ4v) is 4.21. The van der Waals surface area contributed by atoms with E-state index in [1.165, 1.54) is 51.4 Å². The van der Waals surface area contributed by atoms with Crippen LogP contribution < -0.4 is 15.2 Å². The summed E-state index contributed by atoms with van der Waals surface area (Å²) >= 11 is 3.46. The summed E-state index contributed by atoms with van der Waals surface area (Å²) in [6.07, 6.45) is 11.7. The van der Waals surface area contributed by atoms with E-state index in [9.17, 15) is 0 Å². The van der Waals surface area contributed by atoms with Crippen LogP contribution in [-0.2, 0) is 0 Å². The Morgan fingerprint density at radius 1 is 0.733 bits per heavy atom. The van der Waals surface area contributed by atoms with Gasteiger partial charge in [-0.25, -0.2) is 5.43 Å². The fourth-order valence-electron chi connectivity index (χ4n) is 3.94. The molecule has 7 nitrogen and oxygen atoms in total. The normalized spacial score (nSPS) is 18.3. The predicted octanol–water partition coefficient (Wildman–Crippen LogP) is 4.84. The van der Waals surface area contributed by atoms with Crippen LogP contribution in [0, 0.1) is 0 Å². The zero-order chi connectivity index (χ0) is 20.6. The highest BCUT2D eigenvalue weighted by Crippen LogP contribution is 2.22. The molecule has 0 aliphatic carbocycles. The Morgan fingerprint density at radius 3 is 1.73 bits per heavy atom. The summed E-state index contributed by atoms with van der Waals surface area (Å²) in [5.41, 5.74) is 4.05. The predicted molar refractivity (Wildman–Crippen MR) is 127 cm³/mol. The van der Waals surface area contributed by atoms with Gasteiger partial charge in [0.2, 0.25) is 17.8 Å². The van der Waals surface area contributed by atoms with Crippen LogP contribution in [0.4, 0.5) is 17.8 Å². The number of hydrazone groups is 1. The standard InChI is InChI=1S/C22H30BrN7/c23-19-11-9-18(10-12-19)17-24-28-20-25-21(29-13-5-1-2-6-14-29)27-22(26-20)30-15-7-3-4-8-16-30/h9-12,17H,1-8,13-16H2,(H,25,26,27,28)/b24-17-. The van der Waals surface area contributed by atoms with Crippen molar-refractivity contribution >= 4 is 40.0 Å². The first-order chi connectivity index (χ1) is 14.8. The van der Waals surface area contributed by atoms with Crippen molar-refractivity contribution in [2.75, 3.05) is 41.4 Å². The minimum Gasteiger partial charge on any atom is -0.341 e. The van der Waals surface area contributed by atoms with Gasteiger partial charge in [0.1, 0.15) is 0 Å². The molecule has 0 atom stereocenters. The van der Waals surface area contributed by atoms with Crippen molar-refractivity contribution in [3.8, 4) is 0 Å². The third-order valence-electron chi connectivity index (χ3n) is 5.64. The maximum Gasteiger partial charge on any atom is 0.250 e. The minimum absolute atomic E-state index is 0.511. The Balaban J connectivity index is 1.56. The second-order valence-electron chi connectivity index (χ2n) is 7.98.